The molecule has 0 aromatic heterocycles. The van der Waals surface area contributed by atoms with Crippen LogP contribution in [0.2, 0.25) is 0 Å². The summed E-state index contributed by atoms with van der Waals surface area (Å²) in [7, 11) is 1.68. The molecule has 0 bridgehead atoms. The standard InChI is InChI=1S/C19H31NO3.Na.H/c1-4-5-6-7-8-9-10-11-17-12-13-19(22)18(14-17)15-20(3)23-16(2)21;;/h12-14,22H,4-11,15H2,1-3H3;;/q;+1;-1. The maximum absolute atomic E-state index is 10.9. The molecule has 0 atom stereocenters. The molecule has 0 aliphatic heterocycles. The van der Waals surface area contributed by atoms with Gasteiger partial charge in [-0.15, -0.1) is 5.06 Å². The fraction of sp³-hybridized carbons (Fsp3) is 0.632. The Balaban J connectivity index is 0. The minimum absolute atomic E-state index is 0. The Labute approximate surface area is 170 Å². The number of carbonyl (C=O) groups is 1. The number of benzene rings is 1. The summed E-state index contributed by atoms with van der Waals surface area (Å²) in [4.78, 5) is 15.9. The summed E-state index contributed by atoms with van der Waals surface area (Å²) in [5.41, 5.74) is 2.01. The molecule has 0 unspecified atom stereocenters. The van der Waals surface area contributed by atoms with Crippen LogP contribution in [0, 0.1) is 0 Å². The Bertz CT molecular complexity index is 486. The van der Waals surface area contributed by atoms with Gasteiger partial charge in [0.25, 0.3) is 0 Å². The Morgan fingerprint density at radius 1 is 1.17 bits per heavy atom. The van der Waals surface area contributed by atoms with Crippen molar-refractivity contribution in [2.24, 2.45) is 0 Å². The molecule has 132 valence electrons. The second-order valence-corrected chi connectivity index (χ2v) is 6.20. The van der Waals surface area contributed by atoms with E-state index in [0.717, 1.165) is 12.0 Å². The van der Waals surface area contributed by atoms with Gasteiger partial charge >= 0.3 is 35.5 Å². The predicted octanol–water partition coefficient (Wildman–Crippen LogP) is 1.71. The van der Waals surface area contributed by atoms with E-state index in [1.165, 1.54) is 62.5 Å². The molecule has 1 rings (SSSR count). The topological polar surface area (TPSA) is 49.8 Å². The molecule has 1 N–H and O–H groups in total. The summed E-state index contributed by atoms with van der Waals surface area (Å²) in [6, 6.07) is 5.71. The van der Waals surface area contributed by atoms with E-state index in [9.17, 15) is 9.90 Å². The largest absolute Gasteiger partial charge is 1.00 e. The average Bonchev–Trinajstić information content (AvgIpc) is 2.48. The molecule has 4 nitrogen and oxygen atoms in total. The van der Waals surface area contributed by atoms with Crippen LogP contribution in [0.4, 0.5) is 0 Å². The number of aromatic hydroxyl groups is 1. The first kappa shape index (κ1) is 23.4. The first-order chi connectivity index (χ1) is 11.0. The average molecular weight is 345 g/mol. The van der Waals surface area contributed by atoms with Crippen molar-refractivity contribution in [3.8, 4) is 5.75 Å². The molecule has 5 heteroatoms. The van der Waals surface area contributed by atoms with Crippen molar-refractivity contribution in [1.29, 1.82) is 0 Å². The Morgan fingerprint density at radius 2 is 1.79 bits per heavy atom. The molecule has 0 heterocycles. The van der Waals surface area contributed by atoms with Crippen molar-refractivity contribution >= 4 is 5.97 Å². The van der Waals surface area contributed by atoms with Crippen molar-refractivity contribution in [3.05, 3.63) is 29.3 Å². The van der Waals surface area contributed by atoms with Gasteiger partial charge in [0.05, 0.1) is 6.54 Å². The van der Waals surface area contributed by atoms with Crippen LogP contribution in [0.5, 0.6) is 5.75 Å². The third kappa shape index (κ3) is 10.3. The smallest absolute Gasteiger partial charge is 1.00 e. The van der Waals surface area contributed by atoms with E-state index in [4.69, 9.17) is 4.84 Å². The number of carbonyl (C=O) groups excluding carboxylic acids is 1. The quantitative estimate of drug-likeness (QED) is 0.377. The summed E-state index contributed by atoms with van der Waals surface area (Å²) < 4.78 is 0. The maximum atomic E-state index is 10.9. The third-order valence-electron chi connectivity index (χ3n) is 3.89. The number of phenols is 1. The summed E-state index contributed by atoms with van der Waals surface area (Å²) in [5.74, 6) is -0.112. The van der Waals surface area contributed by atoms with Gasteiger partial charge in [-0.25, -0.2) is 0 Å². The molecule has 1 aromatic carbocycles. The zero-order chi connectivity index (χ0) is 17.1. The predicted molar refractivity (Wildman–Crippen MR) is 94.1 cm³/mol. The van der Waals surface area contributed by atoms with Gasteiger partial charge in [-0.05, 0) is 24.5 Å². The van der Waals surface area contributed by atoms with Crippen LogP contribution in [0.25, 0.3) is 0 Å². The number of phenolic OH excluding ortho intramolecular Hbond substituents is 1. The second-order valence-electron chi connectivity index (χ2n) is 6.20. The van der Waals surface area contributed by atoms with Gasteiger partial charge in [-0.1, -0.05) is 57.6 Å². The molecule has 0 aliphatic rings. The van der Waals surface area contributed by atoms with E-state index < -0.39 is 0 Å². The monoisotopic (exact) mass is 345 g/mol. The van der Waals surface area contributed by atoms with Gasteiger partial charge < -0.3 is 11.4 Å². The minimum atomic E-state index is -0.355. The number of hydrogen-bond acceptors (Lipinski definition) is 4. The van der Waals surface area contributed by atoms with E-state index in [0.29, 0.717) is 6.54 Å². The molecule has 0 fully saturated rings. The summed E-state index contributed by atoms with van der Waals surface area (Å²) >= 11 is 0. The molecule has 0 saturated heterocycles. The molecule has 24 heavy (non-hydrogen) atoms. The van der Waals surface area contributed by atoms with E-state index in [2.05, 4.69) is 6.92 Å². The third-order valence-corrected chi connectivity index (χ3v) is 3.89. The summed E-state index contributed by atoms with van der Waals surface area (Å²) in [6.45, 7) is 3.99. The molecule has 0 radical (unpaired) electrons. The molecule has 1 aromatic rings. The normalized spacial score (nSPS) is 10.5. The number of unbranched alkanes of at least 4 members (excludes halogenated alkanes) is 6. The molecule has 0 amide bonds. The fourth-order valence-electron chi connectivity index (χ4n) is 2.70. The minimum Gasteiger partial charge on any atom is -1.00 e. The van der Waals surface area contributed by atoms with Crippen LogP contribution in [-0.2, 0) is 22.6 Å². The number of rotatable bonds is 11. The fourth-order valence-corrected chi connectivity index (χ4v) is 2.70. The Morgan fingerprint density at radius 3 is 2.42 bits per heavy atom. The molecule has 0 aliphatic carbocycles. The summed E-state index contributed by atoms with van der Waals surface area (Å²) in [5, 5.41) is 11.4. The zero-order valence-corrected chi connectivity index (χ0v) is 17.8. The molecule has 0 spiro atoms. The van der Waals surface area contributed by atoms with Crippen molar-refractivity contribution in [2.45, 2.75) is 71.8 Å². The van der Waals surface area contributed by atoms with Crippen LogP contribution in [0.1, 0.15) is 71.3 Å². The number of hydrogen-bond donors (Lipinski definition) is 1. The Hall–Kier alpha value is -0.550. The van der Waals surface area contributed by atoms with E-state index in [1.807, 2.05) is 12.1 Å². The van der Waals surface area contributed by atoms with Gasteiger partial charge in [0.1, 0.15) is 5.75 Å². The first-order valence-corrected chi connectivity index (χ1v) is 8.73. The zero-order valence-electron chi connectivity index (χ0n) is 16.8. The van der Waals surface area contributed by atoms with Gasteiger partial charge in [0.2, 0.25) is 0 Å². The van der Waals surface area contributed by atoms with Crippen LogP contribution in [0.3, 0.4) is 0 Å². The summed E-state index contributed by atoms with van der Waals surface area (Å²) in [6.07, 6.45) is 10.1. The van der Waals surface area contributed by atoms with Crippen LogP contribution in [0.15, 0.2) is 18.2 Å². The van der Waals surface area contributed by atoms with Gasteiger partial charge in [-0.3, -0.25) is 4.79 Å². The van der Waals surface area contributed by atoms with E-state index >= 15 is 0 Å². The maximum Gasteiger partial charge on any atom is 1.00 e. The first-order valence-electron chi connectivity index (χ1n) is 8.73. The van der Waals surface area contributed by atoms with Crippen molar-refractivity contribution in [3.63, 3.8) is 0 Å². The van der Waals surface area contributed by atoms with Gasteiger partial charge in [-0.2, -0.15) is 0 Å². The Kier molecular flexibility index (Phi) is 13.4. The molecule has 0 saturated carbocycles. The van der Waals surface area contributed by atoms with Crippen molar-refractivity contribution in [2.75, 3.05) is 7.05 Å². The van der Waals surface area contributed by atoms with Gasteiger partial charge in [0.15, 0.2) is 0 Å². The van der Waals surface area contributed by atoms with E-state index in [-0.39, 0.29) is 42.7 Å². The van der Waals surface area contributed by atoms with Crippen molar-refractivity contribution < 1.29 is 45.7 Å². The van der Waals surface area contributed by atoms with E-state index in [1.54, 1.807) is 13.1 Å². The number of hydroxylamine groups is 2. The number of nitrogens with zero attached hydrogens (tertiary/aromatic N) is 1. The van der Waals surface area contributed by atoms with Gasteiger partial charge in [0, 0.05) is 19.5 Å². The van der Waals surface area contributed by atoms with Crippen LogP contribution < -0.4 is 29.6 Å². The van der Waals surface area contributed by atoms with Crippen LogP contribution >= 0.6 is 0 Å². The van der Waals surface area contributed by atoms with Crippen LogP contribution in [-0.4, -0.2) is 23.2 Å². The molecular formula is C19H32NNaO3. The second kappa shape index (κ2) is 13.7. The molecular weight excluding hydrogens is 313 g/mol. The number of aryl methyl sites for hydroxylation is 1. The van der Waals surface area contributed by atoms with Crippen molar-refractivity contribution in [1.82, 2.24) is 5.06 Å². The SMILES string of the molecule is CCCCCCCCCc1ccc(O)c(CN(C)OC(C)=O)c1.[H-].[Na+].